The first kappa shape index (κ1) is 35.2. The molecule has 282 valence electrons. The smallest absolute Gasteiger partial charge is 0.0541 e. The maximum absolute atomic E-state index is 2.41. The predicted molar refractivity (Wildman–Crippen MR) is 255 cm³/mol. The average molecular weight is 765 g/mol. The normalized spacial score (nSPS) is 11.3. The minimum absolute atomic E-state index is 1.10. The quantitative estimate of drug-likeness (QED) is 0.150. The lowest BCUT2D eigenvalue weighted by Crippen LogP contribution is -2.10. The van der Waals surface area contributed by atoms with Gasteiger partial charge in [-0.1, -0.05) is 188 Å². The molecule has 0 saturated heterocycles. The second-order valence-corrected chi connectivity index (χ2v) is 15.3. The van der Waals surface area contributed by atoms with Gasteiger partial charge in [0.15, 0.2) is 0 Å². The SMILES string of the molecule is c1ccc(-c2ccc(N(c3ccc(-c4ccc(-c5ccccc5-n5c6ccccc6c6ccccc65)cc4)cc3)c3cccc(-c4cccc5ccccc45)c3)cc2)cc1. The molecule has 0 fully saturated rings. The molecule has 0 aliphatic heterocycles. The molecule has 0 radical (unpaired) electrons. The molecule has 0 aliphatic carbocycles. The van der Waals surface area contributed by atoms with Crippen LogP contribution < -0.4 is 4.90 Å². The summed E-state index contributed by atoms with van der Waals surface area (Å²) in [6.45, 7) is 0. The van der Waals surface area contributed by atoms with Gasteiger partial charge in [0.1, 0.15) is 0 Å². The van der Waals surface area contributed by atoms with E-state index in [1.54, 1.807) is 0 Å². The number of hydrogen-bond donors (Lipinski definition) is 0. The summed E-state index contributed by atoms with van der Waals surface area (Å²) in [4.78, 5) is 2.36. The Kier molecular flexibility index (Phi) is 8.87. The maximum Gasteiger partial charge on any atom is 0.0541 e. The van der Waals surface area contributed by atoms with Crippen molar-refractivity contribution in [3.05, 3.63) is 243 Å². The molecular formula is C58H40N2. The Morgan fingerprint density at radius 3 is 1.38 bits per heavy atom. The fourth-order valence-corrected chi connectivity index (χ4v) is 8.91. The lowest BCUT2D eigenvalue weighted by Gasteiger charge is -2.26. The zero-order valence-electron chi connectivity index (χ0n) is 33.0. The van der Waals surface area contributed by atoms with E-state index in [0.717, 1.165) is 17.1 Å². The summed E-state index contributed by atoms with van der Waals surface area (Å²) in [5, 5.41) is 5.02. The average Bonchev–Trinajstić information content (AvgIpc) is 3.67. The van der Waals surface area contributed by atoms with E-state index in [9.17, 15) is 0 Å². The van der Waals surface area contributed by atoms with E-state index in [4.69, 9.17) is 0 Å². The van der Waals surface area contributed by atoms with E-state index in [0.29, 0.717) is 0 Å². The van der Waals surface area contributed by atoms with Crippen LogP contribution in [0.3, 0.4) is 0 Å². The first-order valence-electron chi connectivity index (χ1n) is 20.6. The second kappa shape index (κ2) is 15.1. The third kappa shape index (κ3) is 6.32. The van der Waals surface area contributed by atoms with E-state index >= 15 is 0 Å². The van der Waals surface area contributed by atoms with Gasteiger partial charge in [0, 0.05) is 33.4 Å². The van der Waals surface area contributed by atoms with Crippen LogP contribution in [0.2, 0.25) is 0 Å². The van der Waals surface area contributed by atoms with Gasteiger partial charge in [-0.3, -0.25) is 0 Å². The van der Waals surface area contributed by atoms with Crippen molar-refractivity contribution in [2.45, 2.75) is 0 Å². The molecule has 0 saturated carbocycles. The van der Waals surface area contributed by atoms with Gasteiger partial charge in [0.25, 0.3) is 0 Å². The molecule has 0 spiro atoms. The minimum Gasteiger partial charge on any atom is -0.310 e. The minimum atomic E-state index is 1.10. The van der Waals surface area contributed by atoms with Crippen molar-refractivity contribution in [3.63, 3.8) is 0 Å². The fraction of sp³-hybridized carbons (Fsp3) is 0. The van der Waals surface area contributed by atoms with Crippen LogP contribution in [-0.2, 0) is 0 Å². The number of hydrogen-bond acceptors (Lipinski definition) is 1. The van der Waals surface area contributed by atoms with Crippen LogP contribution in [0, 0.1) is 0 Å². The first-order valence-corrected chi connectivity index (χ1v) is 20.6. The third-order valence-electron chi connectivity index (χ3n) is 11.8. The van der Waals surface area contributed by atoms with Crippen LogP contribution in [0.5, 0.6) is 0 Å². The van der Waals surface area contributed by atoms with Crippen LogP contribution in [0.4, 0.5) is 17.1 Å². The van der Waals surface area contributed by atoms with Crippen LogP contribution in [0.25, 0.3) is 82.8 Å². The summed E-state index contributed by atoms with van der Waals surface area (Å²) < 4.78 is 2.41. The monoisotopic (exact) mass is 764 g/mol. The Morgan fingerprint density at radius 2 is 0.717 bits per heavy atom. The molecule has 0 aliphatic rings. The number of aromatic nitrogens is 1. The van der Waals surface area contributed by atoms with Gasteiger partial charge in [-0.25, -0.2) is 0 Å². The molecule has 1 aromatic heterocycles. The summed E-state index contributed by atoms with van der Waals surface area (Å²) >= 11 is 0. The molecule has 60 heavy (non-hydrogen) atoms. The standard InChI is InChI=1S/C58H40N2/c1-2-14-41(15-3-1)43-32-36-48(37-33-43)59(50-19-12-18-47(40-50)52-24-13-17-45-16-4-5-20-51(45)52)49-38-34-44(35-39-49)42-28-30-46(31-29-42)53-21-6-9-25-56(53)60-57-26-10-7-22-54(57)55-23-8-11-27-58(55)60/h1-40H. The molecule has 10 aromatic carbocycles. The van der Waals surface area contributed by atoms with Gasteiger partial charge in [-0.05, 0) is 104 Å². The summed E-state index contributed by atoms with van der Waals surface area (Å²) in [7, 11) is 0. The number of fused-ring (bicyclic) bond motifs is 4. The maximum atomic E-state index is 2.41. The topological polar surface area (TPSA) is 8.17 Å². The Bertz CT molecular complexity index is 3230. The Labute approximate surface area is 350 Å². The lowest BCUT2D eigenvalue weighted by atomic mass is 9.97. The Balaban J connectivity index is 0.950. The molecule has 2 heteroatoms. The number of para-hydroxylation sites is 3. The van der Waals surface area contributed by atoms with Crippen LogP contribution in [0.1, 0.15) is 0 Å². The van der Waals surface area contributed by atoms with E-state index in [2.05, 4.69) is 252 Å². The molecule has 0 bridgehead atoms. The number of nitrogens with zero attached hydrogens (tertiary/aromatic N) is 2. The highest BCUT2D eigenvalue weighted by Crippen LogP contribution is 2.40. The van der Waals surface area contributed by atoms with Gasteiger partial charge < -0.3 is 9.47 Å². The van der Waals surface area contributed by atoms with Crippen molar-refractivity contribution in [2.75, 3.05) is 4.90 Å². The highest BCUT2D eigenvalue weighted by atomic mass is 15.1. The number of rotatable bonds is 8. The van der Waals surface area contributed by atoms with Gasteiger partial charge in [-0.15, -0.1) is 0 Å². The van der Waals surface area contributed by atoms with Gasteiger partial charge in [0.2, 0.25) is 0 Å². The molecule has 0 atom stereocenters. The van der Waals surface area contributed by atoms with Crippen molar-refractivity contribution < 1.29 is 0 Å². The second-order valence-electron chi connectivity index (χ2n) is 15.3. The van der Waals surface area contributed by atoms with Gasteiger partial charge in [-0.2, -0.15) is 0 Å². The highest BCUT2D eigenvalue weighted by Gasteiger charge is 2.17. The Hall–Kier alpha value is -7.94. The third-order valence-corrected chi connectivity index (χ3v) is 11.8. The van der Waals surface area contributed by atoms with Crippen molar-refractivity contribution >= 4 is 49.6 Å². The van der Waals surface area contributed by atoms with E-state index in [1.165, 1.54) is 82.8 Å². The van der Waals surface area contributed by atoms with Crippen LogP contribution in [-0.4, -0.2) is 4.57 Å². The summed E-state index contributed by atoms with van der Waals surface area (Å²) in [6.07, 6.45) is 0. The van der Waals surface area contributed by atoms with Crippen molar-refractivity contribution in [1.29, 1.82) is 0 Å². The van der Waals surface area contributed by atoms with Gasteiger partial charge in [0.05, 0.1) is 16.7 Å². The predicted octanol–water partition coefficient (Wildman–Crippen LogP) is 16.1. The molecule has 0 N–H and O–H groups in total. The highest BCUT2D eigenvalue weighted by molar-refractivity contribution is 6.09. The number of anilines is 3. The first-order chi connectivity index (χ1) is 29.8. The van der Waals surface area contributed by atoms with Crippen molar-refractivity contribution in [1.82, 2.24) is 4.57 Å². The van der Waals surface area contributed by atoms with E-state index in [1.807, 2.05) is 0 Å². The summed E-state index contributed by atoms with van der Waals surface area (Å²) in [5.41, 5.74) is 16.4. The van der Waals surface area contributed by atoms with Crippen LogP contribution in [0.15, 0.2) is 243 Å². The molecule has 2 nitrogen and oxygen atoms in total. The molecule has 0 unspecified atom stereocenters. The van der Waals surface area contributed by atoms with Crippen molar-refractivity contribution in [3.8, 4) is 50.2 Å². The molecule has 11 aromatic rings. The van der Waals surface area contributed by atoms with E-state index in [-0.39, 0.29) is 0 Å². The largest absolute Gasteiger partial charge is 0.310 e. The summed E-state index contributed by atoms with van der Waals surface area (Å²) in [6, 6.07) is 87.8. The lowest BCUT2D eigenvalue weighted by molar-refractivity contribution is 1.18. The molecule has 11 rings (SSSR count). The van der Waals surface area contributed by atoms with Gasteiger partial charge >= 0.3 is 0 Å². The molecule has 0 amide bonds. The molecule has 1 heterocycles. The van der Waals surface area contributed by atoms with Crippen molar-refractivity contribution in [2.24, 2.45) is 0 Å². The summed E-state index contributed by atoms with van der Waals surface area (Å²) in [5.74, 6) is 0. The zero-order chi connectivity index (χ0) is 39.8. The zero-order valence-corrected chi connectivity index (χ0v) is 33.0. The van der Waals surface area contributed by atoms with E-state index < -0.39 is 0 Å². The molecular weight excluding hydrogens is 725 g/mol. The van der Waals surface area contributed by atoms with Crippen LogP contribution >= 0.6 is 0 Å². The Morgan fingerprint density at radius 1 is 0.267 bits per heavy atom. The number of benzene rings is 10. The fourth-order valence-electron chi connectivity index (χ4n) is 8.91.